The van der Waals surface area contributed by atoms with Crippen molar-refractivity contribution in [2.45, 2.75) is 45.2 Å². The van der Waals surface area contributed by atoms with Gasteiger partial charge in [-0.2, -0.15) is 0 Å². The van der Waals surface area contributed by atoms with Gasteiger partial charge in [0.2, 0.25) is 0 Å². The number of rotatable bonds is 8. The van der Waals surface area contributed by atoms with Crippen LogP contribution in [0.3, 0.4) is 0 Å². The lowest BCUT2D eigenvalue weighted by atomic mass is 10.0. The molecule has 0 saturated carbocycles. The molecule has 3 atom stereocenters. The number of aliphatic hydroxyl groups excluding tert-OH is 1. The number of ether oxygens (including phenoxy) is 1. The summed E-state index contributed by atoms with van der Waals surface area (Å²) in [4.78, 5) is 12.1. The van der Waals surface area contributed by atoms with Gasteiger partial charge in [-0.3, -0.25) is 9.00 Å². The topological polar surface area (TPSA) is 63.6 Å². The van der Waals surface area contributed by atoms with Crippen LogP contribution in [0, 0.1) is 5.92 Å². The van der Waals surface area contributed by atoms with Gasteiger partial charge in [-0.05, 0) is 26.3 Å². The zero-order valence-corrected chi connectivity index (χ0v) is 14.6. The van der Waals surface area contributed by atoms with Gasteiger partial charge in [0.05, 0.1) is 25.1 Å². The summed E-state index contributed by atoms with van der Waals surface area (Å²) in [6.45, 7) is 7.64. The van der Waals surface area contributed by atoms with Crippen LogP contribution in [0.4, 0.5) is 0 Å². The molecular weight excluding hydrogens is 300 g/mol. The van der Waals surface area contributed by atoms with Gasteiger partial charge in [0, 0.05) is 21.5 Å². The molecule has 124 valence electrons. The quantitative estimate of drug-likeness (QED) is 0.796. The molecule has 1 N–H and O–H groups in total. The lowest BCUT2D eigenvalue weighted by molar-refractivity contribution is -0.124. The maximum Gasteiger partial charge on any atom is 0.150 e. The van der Waals surface area contributed by atoms with Gasteiger partial charge in [-0.1, -0.05) is 37.3 Å². The summed E-state index contributed by atoms with van der Waals surface area (Å²) in [6.07, 6.45) is -0.881. The summed E-state index contributed by atoms with van der Waals surface area (Å²) in [6, 6.07) is 9.64. The van der Waals surface area contributed by atoms with Crippen LogP contribution >= 0.6 is 0 Å². The van der Waals surface area contributed by atoms with Crippen molar-refractivity contribution in [2.75, 3.05) is 12.4 Å². The van der Waals surface area contributed by atoms with E-state index in [1.54, 1.807) is 6.92 Å². The molecule has 1 aromatic carbocycles. The van der Waals surface area contributed by atoms with Gasteiger partial charge < -0.3 is 9.84 Å². The molecule has 1 unspecified atom stereocenters. The Morgan fingerprint density at radius 3 is 2.41 bits per heavy atom. The number of hydrogen-bond acceptors (Lipinski definition) is 4. The van der Waals surface area contributed by atoms with Gasteiger partial charge in [0.15, 0.2) is 5.78 Å². The number of carbonyl (C=O) groups excluding carboxylic acids is 1. The number of carbonyl (C=O) groups is 1. The summed E-state index contributed by atoms with van der Waals surface area (Å²) in [5.41, 5.74) is 1.02. The molecule has 1 aromatic rings. The number of ketones is 1. The van der Waals surface area contributed by atoms with E-state index < -0.39 is 27.6 Å². The zero-order valence-electron chi connectivity index (χ0n) is 13.7. The average molecular weight is 326 g/mol. The van der Waals surface area contributed by atoms with E-state index in [4.69, 9.17) is 4.74 Å². The predicted octanol–water partition coefficient (Wildman–Crippen LogP) is 2.32. The fourth-order valence-electron chi connectivity index (χ4n) is 1.71. The van der Waals surface area contributed by atoms with Gasteiger partial charge in [0.25, 0.3) is 0 Å². The molecule has 0 aliphatic heterocycles. The summed E-state index contributed by atoms with van der Waals surface area (Å²) in [7, 11) is -1.24. The Hall–Kier alpha value is -1.04. The molecular formula is C17H26O4S. The highest BCUT2D eigenvalue weighted by Gasteiger charge is 2.27. The van der Waals surface area contributed by atoms with Crippen LogP contribution in [0.2, 0.25) is 0 Å². The van der Waals surface area contributed by atoms with Crippen LogP contribution in [0.15, 0.2) is 30.3 Å². The molecule has 1 rings (SSSR count). The third kappa shape index (κ3) is 6.38. The van der Waals surface area contributed by atoms with Crippen molar-refractivity contribution in [3.63, 3.8) is 0 Å². The SMILES string of the molecule is C[C@@H](C(=O)CS(=O)C(C)(C)C)[C@@H](O)COCc1ccccc1. The highest BCUT2D eigenvalue weighted by atomic mass is 32.2. The lowest BCUT2D eigenvalue weighted by Crippen LogP contribution is -2.35. The first-order valence-electron chi connectivity index (χ1n) is 7.42. The van der Waals surface area contributed by atoms with E-state index in [2.05, 4.69) is 0 Å². The highest BCUT2D eigenvalue weighted by molar-refractivity contribution is 7.87. The van der Waals surface area contributed by atoms with E-state index in [9.17, 15) is 14.1 Å². The van der Waals surface area contributed by atoms with Gasteiger partial charge >= 0.3 is 0 Å². The van der Waals surface area contributed by atoms with Crippen molar-refractivity contribution >= 4 is 16.6 Å². The Morgan fingerprint density at radius 1 is 1.27 bits per heavy atom. The molecule has 0 saturated heterocycles. The molecule has 0 radical (unpaired) electrons. The normalized spacial score (nSPS) is 16.0. The number of aliphatic hydroxyl groups is 1. The third-order valence-electron chi connectivity index (χ3n) is 3.44. The molecule has 0 spiro atoms. The van der Waals surface area contributed by atoms with Gasteiger partial charge in [-0.15, -0.1) is 0 Å². The van der Waals surface area contributed by atoms with Crippen molar-refractivity contribution in [3.8, 4) is 0 Å². The maximum absolute atomic E-state index is 12.1. The lowest BCUT2D eigenvalue weighted by Gasteiger charge is -2.21. The molecule has 0 bridgehead atoms. The summed E-state index contributed by atoms with van der Waals surface area (Å²) >= 11 is 0. The van der Waals surface area contributed by atoms with E-state index in [1.165, 1.54) is 0 Å². The molecule has 0 aliphatic rings. The standard InChI is InChI=1S/C17H26O4S/c1-13(16(19)12-22(20)17(2,3)4)15(18)11-21-10-14-8-6-5-7-9-14/h5-9,13,15,18H,10-12H2,1-4H3/t13-,15+,22?/m1/s1. The molecule has 0 heterocycles. The van der Waals surface area contributed by atoms with Crippen LogP contribution in [0.25, 0.3) is 0 Å². The Balaban J connectivity index is 2.39. The number of benzene rings is 1. The molecule has 22 heavy (non-hydrogen) atoms. The second-order valence-corrected chi connectivity index (χ2v) is 8.63. The summed E-state index contributed by atoms with van der Waals surface area (Å²) < 4.78 is 17.0. The van der Waals surface area contributed by atoms with E-state index in [0.717, 1.165) is 5.56 Å². The fourth-order valence-corrected chi connectivity index (χ4v) is 2.66. The van der Waals surface area contributed by atoms with Crippen molar-refractivity contribution in [3.05, 3.63) is 35.9 Å². The van der Waals surface area contributed by atoms with Crippen LogP contribution in [0.5, 0.6) is 0 Å². The average Bonchev–Trinajstić information content (AvgIpc) is 2.46. The zero-order chi connectivity index (χ0) is 16.8. The molecule has 0 fully saturated rings. The van der Waals surface area contributed by atoms with Crippen molar-refractivity contribution in [1.29, 1.82) is 0 Å². The van der Waals surface area contributed by atoms with Crippen molar-refractivity contribution in [1.82, 2.24) is 0 Å². The Bertz CT molecular complexity index is 493. The summed E-state index contributed by atoms with van der Waals surface area (Å²) in [5, 5.41) is 10.0. The molecule has 0 aliphatic carbocycles. The summed E-state index contributed by atoms with van der Waals surface area (Å²) in [5.74, 6) is -0.799. The minimum Gasteiger partial charge on any atom is -0.390 e. The fraction of sp³-hybridized carbons (Fsp3) is 0.588. The van der Waals surface area contributed by atoms with Gasteiger partial charge in [0.1, 0.15) is 0 Å². The molecule has 0 amide bonds. The second-order valence-electron chi connectivity index (χ2n) is 6.43. The third-order valence-corrected chi connectivity index (χ3v) is 5.35. The van der Waals surface area contributed by atoms with Crippen LogP contribution in [0.1, 0.15) is 33.3 Å². The molecule has 4 nitrogen and oxygen atoms in total. The Labute approximate surface area is 135 Å². The number of hydrogen-bond donors (Lipinski definition) is 1. The highest BCUT2D eigenvalue weighted by Crippen LogP contribution is 2.14. The van der Waals surface area contributed by atoms with E-state index in [0.29, 0.717) is 6.61 Å². The van der Waals surface area contributed by atoms with Crippen molar-refractivity contribution < 1.29 is 18.8 Å². The Morgan fingerprint density at radius 2 is 1.86 bits per heavy atom. The van der Waals surface area contributed by atoms with E-state index in [-0.39, 0.29) is 18.1 Å². The minimum atomic E-state index is -1.24. The van der Waals surface area contributed by atoms with Crippen LogP contribution < -0.4 is 0 Å². The van der Waals surface area contributed by atoms with E-state index in [1.807, 2.05) is 51.1 Å². The Kier molecular flexibility index (Phi) is 7.39. The number of Topliss-reactive ketones (excluding diaryl/α,β-unsaturated/α-hetero) is 1. The largest absolute Gasteiger partial charge is 0.390 e. The van der Waals surface area contributed by atoms with Crippen molar-refractivity contribution in [2.24, 2.45) is 5.92 Å². The van der Waals surface area contributed by atoms with Gasteiger partial charge in [-0.25, -0.2) is 0 Å². The predicted molar refractivity (Wildman–Crippen MR) is 89.0 cm³/mol. The van der Waals surface area contributed by atoms with E-state index >= 15 is 0 Å². The molecule has 0 aromatic heterocycles. The minimum absolute atomic E-state index is 0.0274. The van der Waals surface area contributed by atoms with Crippen LogP contribution in [-0.2, 0) is 26.9 Å². The monoisotopic (exact) mass is 326 g/mol. The maximum atomic E-state index is 12.1. The first kappa shape index (κ1) is 19.0. The smallest absolute Gasteiger partial charge is 0.150 e. The second kappa shape index (κ2) is 8.56. The molecule has 5 heteroatoms. The first-order chi connectivity index (χ1) is 10.2. The van der Waals surface area contributed by atoms with Crippen LogP contribution in [-0.4, -0.2) is 38.3 Å². The first-order valence-corrected chi connectivity index (χ1v) is 8.74.